The molecule has 19 heavy (non-hydrogen) atoms. The second kappa shape index (κ2) is 8.03. The Kier molecular flexibility index (Phi) is 7.05. The summed E-state index contributed by atoms with van der Waals surface area (Å²) < 4.78 is 9.79. The summed E-state index contributed by atoms with van der Waals surface area (Å²) in [4.78, 5) is 10.9. The largest absolute Gasteiger partial charge is 0.469 e. The van der Waals surface area contributed by atoms with Gasteiger partial charge in [-0.1, -0.05) is 0 Å². The van der Waals surface area contributed by atoms with Gasteiger partial charge >= 0.3 is 5.97 Å². The number of aliphatic hydroxyl groups excluding tert-OH is 4. The number of carbonyl (C=O) groups excluding carboxylic acids is 1. The molecule has 0 spiro atoms. The van der Waals surface area contributed by atoms with E-state index in [1.54, 1.807) is 0 Å². The number of esters is 1. The van der Waals surface area contributed by atoms with Crippen molar-refractivity contribution in [3.8, 4) is 0 Å². The number of rotatable bonds is 6. The second-order valence-corrected chi connectivity index (χ2v) is 5.45. The highest BCUT2D eigenvalue weighted by Crippen LogP contribution is 2.28. The smallest absolute Gasteiger partial charge is 0.305 e. The summed E-state index contributed by atoms with van der Waals surface area (Å²) >= 11 is 1.22. The van der Waals surface area contributed by atoms with Crippen molar-refractivity contribution in [1.82, 2.24) is 0 Å². The number of carbonyl (C=O) groups is 1. The fourth-order valence-electron chi connectivity index (χ4n) is 1.72. The zero-order chi connectivity index (χ0) is 14.4. The molecule has 0 radical (unpaired) electrons. The van der Waals surface area contributed by atoms with Crippen molar-refractivity contribution in [2.75, 3.05) is 19.5 Å². The van der Waals surface area contributed by atoms with Gasteiger partial charge < -0.3 is 29.9 Å². The van der Waals surface area contributed by atoms with Crippen LogP contribution in [0.2, 0.25) is 0 Å². The van der Waals surface area contributed by atoms with Gasteiger partial charge in [0.15, 0.2) is 0 Å². The number of thioether (sulfide) groups is 1. The topological polar surface area (TPSA) is 116 Å². The van der Waals surface area contributed by atoms with Gasteiger partial charge in [0, 0.05) is 6.42 Å². The average Bonchev–Trinajstić information content (AvgIpc) is 2.42. The Labute approximate surface area is 115 Å². The number of ether oxygens (including phenoxy) is 2. The maximum absolute atomic E-state index is 10.9. The Bertz CT molecular complexity index is 286. The molecule has 5 atom stereocenters. The molecule has 1 heterocycles. The molecule has 1 saturated heterocycles. The van der Waals surface area contributed by atoms with Crippen LogP contribution in [0, 0.1) is 0 Å². The van der Waals surface area contributed by atoms with E-state index in [4.69, 9.17) is 9.84 Å². The Hall–Kier alpha value is -0.380. The minimum atomic E-state index is -1.36. The molecule has 0 saturated carbocycles. The van der Waals surface area contributed by atoms with Crippen molar-refractivity contribution in [2.45, 2.75) is 42.7 Å². The number of methoxy groups -OCH3 is 1. The van der Waals surface area contributed by atoms with E-state index in [1.165, 1.54) is 18.9 Å². The SMILES string of the molecule is COC(=O)CCCS[C@@H]1O[C@H](CO)[C@H](O)[C@H](O)[C@H]1O. The van der Waals surface area contributed by atoms with Gasteiger partial charge in [-0.15, -0.1) is 11.8 Å². The lowest BCUT2D eigenvalue weighted by molar-refractivity contribution is -0.205. The summed E-state index contributed by atoms with van der Waals surface area (Å²) in [6, 6.07) is 0. The van der Waals surface area contributed by atoms with Crippen LogP contribution in [-0.2, 0) is 14.3 Å². The van der Waals surface area contributed by atoms with Crippen LogP contribution in [-0.4, -0.2) is 75.7 Å². The molecule has 112 valence electrons. The third kappa shape index (κ3) is 4.59. The van der Waals surface area contributed by atoms with Crippen LogP contribution in [0.5, 0.6) is 0 Å². The Morgan fingerprint density at radius 1 is 1.26 bits per heavy atom. The van der Waals surface area contributed by atoms with Crippen LogP contribution in [0.3, 0.4) is 0 Å². The van der Waals surface area contributed by atoms with Crippen LogP contribution in [0.15, 0.2) is 0 Å². The molecule has 0 aromatic carbocycles. The number of hydrogen-bond donors (Lipinski definition) is 4. The molecular formula is C11H20O7S. The van der Waals surface area contributed by atoms with E-state index in [-0.39, 0.29) is 12.4 Å². The zero-order valence-corrected chi connectivity index (χ0v) is 11.5. The molecule has 1 fully saturated rings. The monoisotopic (exact) mass is 296 g/mol. The summed E-state index contributed by atoms with van der Waals surface area (Å²) in [6.07, 6.45) is -4.01. The normalized spacial score (nSPS) is 35.1. The third-order valence-corrected chi connectivity index (χ3v) is 4.13. The fourth-order valence-corrected chi connectivity index (χ4v) is 2.85. The highest BCUT2D eigenvalue weighted by molar-refractivity contribution is 7.99. The lowest BCUT2D eigenvalue weighted by Crippen LogP contribution is -2.57. The molecule has 8 heteroatoms. The van der Waals surface area contributed by atoms with Crippen molar-refractivity contribution in [3.05, 3.63) is 0 Å². The van der Waals surface area contributed by atoms with E-state index < -0.39 is 36.5 Å². The van der Waals surface area contributed by atoms with Gasteiger partial charge in [-0.3, -0.25) is 4.79 Å². The predicted octanol–water partition coefficient (Wildman–Crippen LogP) is -1.53. The van der Waals surface area contributed by atoms with E-state index in [0.717, 1.165) is 0 Å². The number of aliphatic hydroxyl groups is 4. The highest BCUT2D eigenvalue weighted by Gasteiger charge is 2.43. The number of hydrogen-bond acceptors (Lipinski definition) is 8. The summed E-state index contributed by atoms with van der Waals surface area (Å²) in [6.45, 7) is -0.440. The first-order valence-electron chi connectivity index (χ1n) is 6.00. The van der Waals surface area contributed by atoms with Crippen LogP contribution in [0.4, 0.5) is 0 Å². The summed E-state index contributed by atoms with van der Waals surface area (Å²) in [5, 5.41) is 37.9. The van der Waals surface area contributed by atoms with Gasteiger partial charge in [0.25, 0.3) is 0 Å². The zero-order valence-electron chi connectivity index (χ0n) is 10.6. The highest BCUT2D eigenvalue weighted by atomic mass is 32.2. The third-order valence-electron chi connectivity index (χ3n) is 2.88. The molecule has 0 amide bonds. The maximum atomic E-state index is 10.9. The van der Waals surface area contributed by atoms with E-state index in [9.17, 15) is 20.1 Å². The molecular weight excluding hydrogens is 276 g/mol. The standard InChI is InChI=1S/C11H20O7S/c1-17-7(13)3-2-4-19-11-10(16)9(15)8(14)6(5-12)18-11/h6,8-12,14-16H,2-5H2,1H3/t6-,8+,9+,10-,11+/m1/s1. The quantitative estimate of drug-likeness (QED) is 0.345. The van der Waals surface area contributed by atoms with Gasteiger partial charge in [-0.05, 0) is 12.2 Å². The van der Waals surface area contributed by atoms with Gasteiger partial charge in [-0.2, -0.15) is 0 Å². The van der Waals surface area contributed by atoms with Crippen LogP contribution < -0.4 is 0 Å². The van der Waals surface area contributed by atoms with E-state index >= 15 is 0 Å². The maximum Gasteiger partial charge on any atom is 0.305 e. The average molecular weight is 296 g/mol. The molecule has 0 aromatic heterocycles. The molecule has 1 rings (SSSR count). The van der Waals surface area contributed by atoms with Crippen molar-refractivity contribution < 1.29 is 34.7 Å². The minimum Gasteiger partial charge on any atom is -0.469 e. The Morgan fingerprint density at radius 3 is 2.53 bits per heavy atom. The van der Waals surface area contributed by atoms with Gasteiger partial charge in [0.2, 0.25) is 0 Å². The predicted molar refractivity (Wildman–Crippen MR) is 67.5 cm³/mol. The second-order valence-electron chi connectivity index (χ2n) is 4.25. The first-order valence-corrected chi connectivity index (χ1v) is 7.05. The minimum absolute atomic E-state index is 0.265. The Morgan fingerprint density at radius 2 is 1.95 bits per heavy atom. The fraction of sp³-hybridized carbons (Fsp3) is 0.909. The molecule has 0 aliphatic carbocycles. The van der Waals surface area contributed by atoms with E-state index in [1.807, 2.05) is 0 Å². The van der Waals surface area contributed by atoms with E-state index in [2.05, 4.69) is 4.74 Å². The van der Waals surface area contributed by atoms with Crippen molar-refractivity contribution in [2.24, 2.45) is 0 Å². The van der Waals surface area contributed by atoms with Gasteiger partial charge in [0.05, 0.1) is 13.7 Å². The van der Waals surface area contributed by atoms with Crippen molar-refractivity contribution in [1.29, 1.82) is 0 Å². The lowest BCUT2D eigenvalue weighted by Gasteiger charge is -2.39. The lowest BCUT2D eigenvalue weighted by atomic mass is 10.0. The van der Waals surface area contributed by atoms with Crippen LogP contribution >= 0.6 is 11.8 Å². The van der Waals surface area contributed by atoms with Crippen molar-refractivity contribution in [3.63, 3.8) is 0 Å². The van der Waals surface area contributed by atoms with Crippen LogP contribution in [0.25, 0.3) is 0 Å². The first kappa shape index (κ1) is 16.7. The molecule has 0 unspecified atom stereocenters. The van der Waals surface area contributed by atoms with Gasteiger partial charge in [-0.25, -0.2) is 0 Å². The molecule has 0 bridgehead atoms. The summed E-state index contributed by atoms with van der Waals surface area (Å²) in [5.74, 6) is 0.215. The first-order chi connectivity index (χ1) is 9.01. The molecule has 7 nitrogen and oxygen atoms in total. The molecule has 4 N–H and O–H groups in total. The van der Waals surface area contributed by atoms with E-state index in [0.29, 0.717) is 12.2 Å². The molecule has 0 aromatic rings. The Balaban J connectivity index is 2.37. The van der Waals surface area contributed by atoms with Crippen LogP contribution in [0.1, 0.15) is 12.8 Å². The summed E-state index contributed by atoms with van der Waals surface area (Å²) in [7, 11) is 1.31. The summed E-state index contributed by atoms with van der Waals surface area (Å²) in [5.41, 5.74) is -0.742. The molecule has 1 aliphatic rings. The molecule has 1 aliphatic heterocycles. The van der Waals surface area contributed by atoms with Gasteiger partial charge in [0.1, 0.15) is 29.9 Å². The van der Waals surface area contributed by atoms with Crippen molar-refractivity contribution >= 4 is 17.7 Å².